The van der Waals surface area contributed by atoms with E-state index in [-0.39, 0.29) is 5.91 Å². The van der Waals surface area contributed by atoms with Crippen LogP contribution in [0.5, 0.6) is 0 Å². The summed E-state index contributed by atoms with van der Waals surface area (Å²) >= 11 is 1.59. The molecule has 0 fully saturated rings. The van der Waals surface area contributed by atoms with Crippen LogP contribution in [0.3, 0.4) is 0 Å². The molecule has 0 aliphatic heterocycles. The summed E-state index contributed by atoms with van der Waals surface area (Å²) in [4.78, 5) is 13.4. The van der Waals surface area contributed by atoms with Crippen LogP contribution in [0.25, 0.3) is 21.6 Å². The SMILES string of the molecule is COCCCNC(=O)c1c(C)sc2cc(-c3ccccc3)oc12. The summed E-state index contributed by atoms with van der Waals surface area (Å²) in [6, 6.07) is 11.9. The Balaban J connectivity index is 1.87. The van der Waals surface area contributed by atoms with E-state index in [0.717, 1.165) is 27.3 Å². The van der Waals surface area contributed by atoms with Crippen LogP contribution in [-0.2, 0) is 4.74 Å². The molecule has 120 valence electrons. The van der Waals surface area contributed by atoms with Crippen LogP contribution < -0.4 is 5.32 Å². The van der Waals surface area contributed by atoms with E-state index < -0.39 is 0 Å². The Bertz CT molecular complexity index is 804. The van der Waals surface area contributed by atoms with Crippen molar-refractivity contribution < 1.29 is 13.9 Å². The highest BCUT2D eigenvalue weighted by molar-refractivity contribution is 7.19. The largest absolute Gasteiger partial charge is 0.454 e. The quantitative estimate of drug-likeness (QED) is 0.688. The molecule has 0 spiro atoms. The molecule has 0 aliphatic rings. The number of aryl methyl sites for hydroxylation is 1. The molecule has 0 unspecified atom stereocenters. The van der Waals surface area contributed by atoms with Crippen LogP contribution in [-0.4, -0.2) is 26.2 Å². The smallest absolute Gasteiger partial charge is 0.256 e. The van der Waals surface area contributed by atoms with Gasteiger partial charge in [-0.1, -0.05) is 30.3 Å². The molecule has 0 aliphatic carbocycles. The van der Waals surface area contributed by atoms with E-state index in [0.29, 0.717) is 24.3 Å². The molecule has 2 heterocycles. The van der Waals surface area contributed by atoms with E-state index in [1.165, 1.54) is 0 Å². The Morgan fingerprint density at radius 1 is 1.30 bits per heavy atom. The Morgan fingerprint density at radius 3 is 2.83 bits per heavy atom. The maximum atomic E-state index is 12.4. The monoisotopic (exact) mass is 329 g/mol. The third kappa shape index (κ3) is 3.30. The predicted octanol–water partition coefficient (Wildman–Crippen LogP) is 4.24. The molecule has 3 aromatic rings. The minimum Gasteiger partial charge on any atom is -0.454 e. The second-order valence-electron chi connectivity index (χ2n) is 5.31. The van der Waals surface area contributed by atoms with Gasteiger partial charge in [-0.3, -0.25) is 4.79 Å². The van der Waals surface area contributed by atoms with Crippen molar-refractivity contribution in [2.75, 3.05) is 20.3 Å². The first-order chi connectivity index (χ1) is 11.2. The van der Waals surface area contributed by atoms with Crippen LogP contribution in [0, 0.1) is 6.92 Å². The van der Waals surface area contributed by atoms with Gasteiger partial charge in [0.2, 0.25) is 0 Å². The van der Waals surface area contributed by atoms with Gasteiger partial charge in [0.25, 0.3) is 5.91 Å². The van der Waals surface area contributed by atoms with Crippen LogP contribution in [0.2, 0.25) is 0 Å². The fourth-order valence-corrected chi connectivity index (χ4v) is 3.53. The fraction of sp³-hybridized carbons (Fsp3) is 0.278. The number of hydrogen-bond donors (Lipinski definition) is 1. The third-order valence-electron chi connectivity index (χ3n) is 3.64. The molecule has 4 nitrogen and oxygen atoms in total. The lowest BCUT2D eigenvalue weighted by Crippen LogP contribution is -2.25. The van der Waals surface area contributed by atoms with E-state index >= 15 is 0 Å². The number of rotatable bonds is 6. The van der Waals surface area contributed by atoms with Gasteiger partial charge in [-0.2, -0.15) is 0 Å². The molecule has 0 atom stereocenters. The van der Waals surface area contributed by atoms with Crippen molar-refractivity contribution >= 4 is 27.5 Å². The van der Waals surface area contributed by atoms with Gasteiger partial charge in [0.1, 0.15) is 5.76 Å². The van der Waals surface area contributed by atoms with E-state index in [9.17, 15) is 4.79 Å². The molecule has 1 N–H and O–H groups in total. The van der Waals surface area contributed by atoms with Crippen molar-refractivity contribution in [2.45, 2.75) is 13.3 Å². The highest BCUT2D eigenvalue weighted by atomic mass is 32.1. The number of carbonyl (C=O) groups is 1. The number of methoxy groups -OCH3 is 1. The van der Waals surface area contributed by atoms with Crippen molar-refractivity contribution in [2.24, 2.45) is 0 Å². The standard InChI is InChI=1S/C18H19NO3S/c1-12-16(18(20)19-9-6-10-21-2)17-15(23-12)11-14(22-17)13-7-4-3-5-8-13/h3-5,7-8,11H,6,9-10H2,1-2H3,(H,19,20). The Kier molecular flexibility index (Phi) is 4.79. The highest BCUT2D eigenvalue weighted by Gasteiger charge is 2.20. The molecule has 5 heteroatoms. The molecule has 0 bridgehead atoms. The summed E-state index contributed by atoms with van der Waals surface area (Å²) in [5.41, 5.74) is 2.33. The molecule has 23 heavy (non-hydrogen) atoms. The van der Waals surface area contributed by atoms with Crippen LogP contribution in [0.4, 0.5) is 0 Å². The minimum absolute atomic E-state index is 0.0844. The highest BCUT2D eigenvalue weighted by Crippen LogP contribution is 2.36. The zero-order valence-electron chi connectivity index (χ0n) is 13.2. The van der Waals surface area contributed by atoms with Gasteiger partial charge in [-0.15, -0.1) is 11.3 Å². The summed E-state index contributed by atoms with van der Waals surface area (Å²) in [6.07, 6.45) is 0.794. The average Bonchev–Trinajstić information content (AvgIpc) is 3.08. The molecule has 0 radical (unpaired) electrons. The lowest BCUT2D eigenvalue weighted by atomic mass is 10.2. The number of ether oxygens (including phenoxy) is 1. The normalized spacial score (nSPS) is 11.0. The van der Waals surface area contributed by atoms with Crippen molar-refractivity contribution in [3.8, 4) is 11.3 Å². The number of benzene rings is 1. The Hall–Kier alpha value is -2.11. The van der Waals surface area contributed by atoms with Gasteiger partial charge >= 0.3 is 0 Å². The summed E-state index contributed by atoms with van der Waals surface area (Å²) in [5.74, 6) is 0.707. The minimum atomic E-state index is -0.0844. The Morgan fingerprint density at radius 2 is 2.09 bits per heavy atom. The lowest BCUT2D eigenvalue weighted by Gasteiger charge is -2.04. The van der Waals surface area contributed by atoms with Crippen LogP contribution in [0.1, 0.15) is 21.7 Å². The topological polar surface area (TPSA) is 51.5 Å². The van der Waals surface area contributed by atoms with Gasteiger partial charge in [0.15, 0.2) is 5.58 Å². The van der Waals surface area contributed by atoms with Gasteiger partial charge in [0.05, 0.1) is 10.3 Å². The van der Waals surface area contributed by atoms with E-state index in [1.54, 1.807) is 18.4 Å². The molecule has 2 aromatic heterocycles. The van der Waals surface area contributed by atoms with Crippen LogP contribution in [0.15, 0.2) is 40.8 Å². The summed E-state index contributed by atoms with van der Waals surface area (Å²) in [7, 11) is 1.66. The summed E-state index contributed by atoms with van der Waals surface area (Å²) < 4.78 is 12.0. The maximum absolute atomic E-state index is 12.4. The molecule has 1 amide bonds. The lowest BCUT2D eigenvalue weighted by molar-refractivity contribution is 0.0949. The predicted molar refractivity (Wildman–Crippen MR) is 93.1 cm³/mol. The van der Waals surface area contributed by atoms with Crippen molar-refractivity contribution in [1.82, 2.24) is 5.32 Å². The van der Waals surface area contributed by atoms with E-state index in [1.807, 2.05) is 43.3 Å². The van der Waals surface area contributed by atoms with Crippen LogP contribution >= 0.6 is 11.3 Å². The molecule has 1 aromatic carbocycles. The molecule has 0 saturated heterocycles. The first-order valence-electron chi connectivity index (χ1n) is 7.56. The second-order valence-corrected chi connectivity index (χ2v) is 6.56. The fourth-order valence-electron chi connectivity index (χ4n) is 2.51. The van der Waals surface area contributed by atoms with Gasteiger partial charge < -0.3 is 14.5 Å². The van der Waals surface area contributed by atoms with Crippen molar-refractivity contribution in [3.63, 3.8) is 0 Å². The van der Waals surface area contributed by atoms with Gasteiger partial charge in [-0.05, 0) is 13.3 Å². The number of thiophene rings is 1. The Labute approximate surface area is 139 Å². The van der Waals surface area contributed by atoms with E-state index in [4.69, 9.17) is 9.15 Å². The van der Waals surface area contributed by atoms with Gasteiger partial charge in [0, 0.05) is 36.8 Å². The summed E-state index contributed by atoms with van der Waals surface area (Å²) in [5, 5.41) is 2.93. The number of carbonyl (C=O) groups excluding carboxylic acids is 1. The van der Waals surface area contributed by atoms with E-state index in [2.05, 4.69) is 5.32 Å². The molecular formula is C18H19NO3S. The number of furan rings is 1. The number of nitrogens with one attached hydrogen (secondary N) is 1. The first kappa shape index (κ1) is 15.8. The average molecular weight is 329 g/mol. The summed E-state index contributed by atoms with van der Waals surface area (Å²) in [6.45, 7) is 3.18. The molecule has 3 rings (SSSR count). The number of amides is 1. The first-order valence-corrected chi connectivity index (χ1v) is 8.38. The maximum Gasteiger partial charge on any atom is 0.256 e. The molecule has 0 saturated carbocycles. The van der Waals surface area contributed by atoms with Crippen molar-refractivity contribution in [3.05, 3.63) is 46.8 Å². The zero-order chi connectivity index (χ0) is 16.2. The van der Waals surface area contributed by atoms with Gasteiger partial charge in [-0.25, -0.2) is 0 Å². The third-order valence-corrected chi connectivity index (χ3v) is 4.67. The number of hydrogen-bond acceptors (Lipinski definition) is 4. The number of fused-ring (bicyclic) bond motifs is 1. The second kappa shape index (κ2) is 6.98. The van der Waals surface area contributed by atoms with Crippen molar-refractivity contribution in [1.29, 1.82) is 0 Å². The zero-order valence-corrected chi connectivity index (χ0v) is 14.0. The molecular weight excluding hydrogens is 310 g/mol.